The molecule has 1 aliphatic heterocycles. The van der Waals surface area contributed by atoms with Gasteiger partial charge in [-0.3, -0.25) is 4.99 Å². The molecule has 0 aliphatic carbocycles. The van der Waals surface area contributed by atoms with Crippen molar-refractivity contribution in [3.63, 3.8) is 0 Å². The molecule has 4 nitrogen and oxygen atoms in total. The summed E-state index contributed by atoms with van der Waals surface area (Å²) in [6.45, 7) is 7.82. The first-order valence-corrected chi connectivity index (χ1v) is 9.13. The first-order valence-electron chi connectivity index (χ1n) is 8.34. The van der Waals surface area contributed by atoms with Crippen LogP contribution in [0.3, 0.4) is 0 Å². The van der Waals surface area contributed by atoms with Crippen molar-refractivity contribution >= 4 is 21.9 Å². The molecule has 1 aromatic rings. The maximum Gasteiger partial charge on any atom is 0.191 e. The SMILES string of the molecule is CN=C(NCC(C)C)NCC1(c2ccc(Br)cc2)CCOCC1. The quantitative estimate of drug-likeness (QED) is 0.607. The fourth-order valence-electron chi connectivity index (χ4n) is 2.91. The van der Waals surface area contributed by atoms with Gasteiger partial charge in [-0.15, -0.1) is 0 Å². The normalized spacial score (nSPS) is 18.0. The summed E-state index contributed by atoms with van der Waals surface area (Å²) < 4.78 is 6.72. The zero-order valence-corrected chi connectivity index (χ0v) is 15.9. The Labute approximate surface area is 148 Å². The number of ether oxygens (including phenoxy) is 1. The summed E-state index contributed by atoms with van der Waals surface area (Å²) in [5, 5.41) is 6.91. The smallest absolute Gasteiger partial charge is 0.191 e. The van der Waals surface area contributed by atoms with Crippen molar-refractivity contribution in [2.45, 2.75) is 32.1 Å². The van der Waals surface area contributed by atoms with Crippen molar-refractivity contribution in [3.8, 4) is 0 Å². The van der Waals surface area contributed by atoms with E-state index < -0.39 is 0 Å². The molecule has 1 aromatic carbocycles. The van der Waals surface area contributed by atoms with Crippen molar-refractivity contribution in [2.75, 3.05) is 33.4 Å². The number of hydrogen-bond acceptors (Lipinski definition) is 2. The summed E-state index contributed by atoms with van der Waals surface area (Å²) in [6.07, 6.45) is 2.06. The van der Waals surface area contributed by atoms with Gasteiger partial charge in [0.05, 0.1) is 0 Å². The Kier molecular flexibility index (Phi) is 6.90. The number of nitrogens with zero attached hydrogens (tertiary/aromatic N) is 1. The first-order chi connectivity index (χ1) is 11.1. The van der Waals surface area contributed by atoms with Gasteiger partial charge < -0.3 is 15.4 Å². The molecule has 0 atom stereocenters. The van der Waals surface area contributed by atoms with E-state index in [1.165, 1.54) is 5.56 Å². The van der Waals surface area contributed by atoms with E-state index in [-0.39, 0.29) is 5.41 Å². The minimum absolute atomic E-state index is 0.106. The highest BCUT2D eigenvalue weighted by molar-refractivity contribution is 9.10. The molecule has 23 heavy (non-hydrogen) atoms. The number of nitrogens with one attached hydrogen (secondary N) is 2. The Morgan fingerprint density at radius 3 is 2.43 bits per heavy atom. The number of guanidine groups is 1. The van der Waals surface area contributed by atoms with Crippen LogP contribution in [0.25, 0.3) is 0 Å². The summed E-state index contributed by atoms with van der Waals surface area (Å²) in [4.78, 5) is 4.34. The van der Waals surface area contributed by atoms with Gasteiger partial charge in [-0.25, -0.2) is 0 Å². The second-order valence-corrected chi connectivity index (χ2v) is 7.52. The molecule has 0 saturated carbocycles. The largest absolute Gasteiger partial charge is 0.381 e. The molecule has 0 unspecified atom stereocenters. The minimum atomic E-state index is 0.106. The Hall–Kier alpha value is -1.07. The number of benzene rings is 1. The van der Waals surface area contributed by atoms with Gasteiger partial charge in [-0.1, -0.05) is 41.9 Å². The molecule has 2 N–H and O–H groups in total. The summed E-state index contributed by atoms with van der Waals surface area (Å²) in [6, 6.07) is 8.69. The molecule has 5 heteroatoms. The molecule has 2 rings (SSSR count). The molecule has 0 amide bonds. The Balaban J connectivity index is 2.08. The number of aliphatic imine (C=N–C) groups is 1. The molecule has 0 spiro atoms. The first kappa shape index (κ1) is 18.3. The lowest BCUT2D eigenvalue weighted by atomic mass is 9.74. The van der Waals surface area contributed by atoms with E-state index in [0.29, 0.717) is 5.92 Å². The fraction of sp³-hybridized carbons (Fsp3) is 0.611. The third-order valence-corrected chi connectivity index (χ3v) is 4.93. The van der Waals surface area contributed by atoms with Gasteiger partial charge in [0.2, 0.25) is 0 Å². The average molecular weight is 382 g/mol. The lowest BCUT2D eigenvalue weighted by molar-refractivity contribution is 0.0514. The van der Waals surface area contributed by atoms with Gasteiger partial charge in [0, 0.05) is 43.2 Å². The minimum Gasteiger partial charge on any atom is -0.381 e. The summed E-state index contributed by atoms with van der Waals surface area (Å²) in [5.41, 5.74) is 1.48. The lowest BCUT2D eigenvalue weighted by Gasteiger charge is -2.38. The molecule has 1 saturated heterocycles. The molecule has 0 bridgehead atoms. The van der Waals surface area contributed by atoms with Crippen LogP contribution in [0.5, 0.6) is 0 Å². The van der Waals surface area contributed by atoms with Gasteiger partial charge >= 0.3 is 0 Å². The Morgan fingerprint density at radius 2 is 1.87 bits per heavy atom. The van der Waals surface area contributed by atoms with Crippen LogP contribution < -0.4 is 10.6 Å². The van der Waals surface area contributed by atoms with Crippen LogP contribution >= 0.6 is 15.9 Å². The maximum atomic E-state index is 5.60. The predicted octanol–water partition coefficient (Wildman–Crippen LogP) is 3.32. The number of hydrogen-bond donors (Lipinski definition) is 2. The van der Waals surface area contributed by atoms with E-state index in [1.54, 1.807) is 0 Å². The van der Waals surface area contributed by atoms with Crippen molar-refractivity contribution in [1.29, 1.82) is 0 Å². The van der Waals surface area contributed by atoms with E-state index in [1.807, 2.05) is 7.05 Å². The average Bonchev–Trinajstić information content (AvgIpc) is 2.56. The van der Waals surface area contributed by atoms with Gasteiger partial charge in [0.25, 0.3) is 0 Å². The van der Waals surface area contributed by atoms with E-state index >= 15 is 0 Å². The van der Waals surface area contributed by atoms with Crippen molar-refractivity contribution in [2.24, 2.45) is 10.9 Å². The maximum absolute atomic E-state index is 5.60. The standard InChI is InChI=1S/C18H28BrN3O/c1-14(2)12-21-17(20-3)22-13-18(8-10-23-11-9-18)15-4-6-16(19)7-5-15/h4-7,14H,8-13H2,1-3H3,(H2,20,21,22). The van der Waals surface area contributed by atoms with Crippen LogP contribution in [-0.2, 0) is 10.2 Å². The van der Waals surface area contributed by atoms with Crippen LogP contribution in [0.2, 0.25) is 0 Å². The van der Waals surface area contributed by atoms with Crippen LogP contribution in [0.15, 0.2) is 33.7 Å². The van der Waals surface area contributed by atoms with Crippen LogP contribution in [0, 0.1) is 5.92 Å². The predicted molar refractivity (Wildman–Crippen MR) is 100 cm³/mol. The Morgan fingerprint density at radius 1 is 1.22 bits per heavy atom. The van der Waals surface area contributed by atoms with E-state index in [0.717, 1.165) is 49.6 Å². The zero-order chi connectivity index (χ0) is 16.7. The Bertz CT molecular complexity index is 508. The second kappa shape index (κ2) is 8.69. The molecule has 0 aromatic heterocycles. The number of halogens is 1. The lowest BCUT2D eigenvalue weighted by Crippen LogP contribution is -2.48. The molecule has 128 valence electrons. The fourth-order valence-corrected chi connectivity index (χ4v) is 3.17. The van der Waals surface area contributed by atoms with Gasteiger partial charge in [0.1, 0.15) is 0 Å². The second-order valence-electron chi connectivity index (χ2n) is 6.60. The molecular formula is C18H28BrN3O. The molecular weight excluding hydrogens is 354 g/mol. The van der Waals surface area contributed by atoms with E-state index in [9.17, 15) is 0 Å². The highest BCUT2D eigenvalue weighted by Gasteiger charge is 2.34. The third-order valence-electron chi connectivity index (χ3n) is 4.40. The molecule has 1 fully saturated rings. The van der Waals surface area contributed by atoms with E-state index in [4.69, 9.17) is 4.74 Å². The van der Waals surface area contributed by atoms with Crippen molar-refractivity contribution < 1.29 is 4.74 Å². The van der Waals surface area contributed by atoms with Crippen LogP contribution in [0.4, 0.5) is 0 Å². The summed E-state index contributed by atoms with van der Waals surface area (Å²) >= 11 is 3.53. The molecule has 1 heterocycles. The highest BCUT2D eigenvalue weighted by atomic mass is 79.9. The van der Waals surface area contributed by atoms with Crippen molar-refractivity contribution in [3.05, 3.63) is 34.3 Å². The zero-order valence-electron chi connectivity index (χ0n) is 14.4. The van der Waals surface area contributed by atoms with Crippen molar-refractivity contribution in [1.82, 2.24) is 10.6 Å². The van der Waals surface area contributed by atoms with Crippen LogP contribution in [-0.4, -0.2) is 39.3 Å². The number of rotatable bonds is 5. The van der Waals surface area contributed by atoms with Gasteiger partial charge in [0.15, 0.2) is 5.96 Å². The summed E-state index contributed by atoms with van der Waals surface area (Å²) in [5.74, 6) is 1.47. The van der Waals surface area contributed by atoms with Gasteiger partial charge in [-0.2, -0.15) is 0 Å². The monoisotopic (exact) mass is 381 g/mol. The summed E-state index contributed by atoms with van der Waals surface area (Å²) in [7, 11) is 1.83. The van der Waals surface area contributed by atoms with Crippen LogP contribution in [0.1, 0.15) is 32.3 Å². The van der Waals surface area contributed by atoms with E-state index in [2.05, 4.69) is 69.7 Å². The highest BCUT2D eigenvalue weighted by Crippen LogP contribution is 2.34. The molecule has 0 radical (unpaired) electrons. The topological polar surface area (TPSA) is 45.7 Å². The molecule has 1 aliphatic rings. The van der Waals surface area contributed by atoms with Gasteiger partial charge in [-0.05, 0) is 36.5 Å². The third kappa shape index (κ3) is 5.21.